The molecule has 1 aromatic heterocycles. The van der Waals surface area contributed by atoms with Gasteiger partial charge < -0.3 is 24.5 Å². The van der Waals surface area contributed by atoms with Crippen LogP contribution in [-0.2, 0) is 37.1 Å². The van der Waals surface area contributed by atoms with Gasteiger partial charge in [0.2, 0.25) is 11.8 Å². The first-order valence-electron chi connectivity index (χ1n) is 16.8. The number of nitrogens with one attached hydrogen (secondary N) is 3. The van der Waals surface area contributed by atoms with Gasteiger partial charge in [0, 0.05) is 18.0 Å². The Balaban J connectivity index is 1.61. The van der Waals surface area contributed by atoms with Crippen molar-refractivity contribution in [3.8, 4) is 17.1 Å². The van der Waals surface area contributed by atoms with Gasteiger partial charge in [0.05, 0.1) is 39.5 Å². The second-order valence-corrected chi connectivity index (χ2v) is 11.8. The van der Waals surface area contributed by atoms with Crippen molar-refractivity contribution < 1.29 is 37.9 Å². The van der Waals surface area contributed by atoms with Crippen LogP contribution < -0.4 is 20.9 Å². The molecule has 2 atom stereocenters. The van der Waals surface area contributed by atoms with E-state index in [1.165, 1.54) is 7.11 Å². The number of nitrogens with zero attached hydrogens (tertiary/aromatic N) is 1. The van der Waals surface area contributed by atoms with Gasteiger partial charge in [-0.3, -0.25) is 28.9 Å². The number of carbonyl (C=O) groups is 4. The number of rotatable bonds is 21. The van der Waals surface area contributed by atoms with E-state index in [-0.39, 0.29) is 43.4 Å². The molecule has 0 unspecified atom stereocenters. The molecule has 0 radical (unpaired) electrons. The monoisotopic (exact) mass is 678 g/mol. The van der Waals surface area contributed by atoms with Gasteiger partial charge in [0.1, 0.15) is 11.5 Å². The SMILES string of the molecule is CCCCC[C@@H](C(=O)NCNC(=O)c1ccc(-c2cc(CN(C)CC(=O)OC)cc(OCC)c2)o1)[C@@H](CC)C(=O)NOCc1ccccc1. The maximum Gasteiger partial charge on any atom is 0.319 e. The molecule has 12 heteroatoms. The van der Waals surface area contributed by atoms with E-state index in [0.717, 1.165) is 30.4 Å². The standard InChI is InChI=1S/C37H50N4O8/c1-6-9-11-16-31(30(7-2)36(44)40-48-24-26-14-12-10-13-15-26)35(43)38-25-39-37(45)33-18-17-32(49-33)28-19-27(20-29(21-28)47-8-3)22-41(4)23-34(42)46-5/h10,12-15,17-21,30-31H,6-9,11,16,22-25H2,1-5H3,(H,38,43)(H,39,45)(H,40,44)/t30-,31-/m1/s1. The molecule has 0 saturated heterocycles. The van der Waals surface area contributed by atoms with Gasteiger partial charge in [-0.1, -0.05) is 63.4 Å². The highest BCUT2D eigenvalue weighted by Crippen LogP contribution is 2.29. The highest BCUT2D eigenvalue weighted by molar-refractivity contribution is 5.92. The van der Waals surface area contributed by atoms with Crippen molar-refractivity contribution in [1.29, 1.82) is 0 Å². The van der Waals surface area contributed by atoms with E-state index in [0.29, 0.717) is 43.1 Å². The Morgan fingerprint density at radius 3 is 2.35 bits per heavy atom. The summed E-state index contributed by atoms with van der Waals surface area (Å²) < 4.78 is 16.4. The summed E-state index contributed by atoms with van der Waals surface area (Å²) in [5.41, 5.74) is 5.02. The van der Waals surface area contributed by atoms with Crippen molar-refractivity contribution in [2.24, 2.45) is 11.8 Å². The summed E-state index contributed by atoms with van der Waals surface area (Å²) in [6, 6.07) is 18.3. The predicted molar refractivity (Wildman–Crippen MR) is 185 cm³/mol. The molecular formula is C37H50N4O8. The highest BCUT2D eigenvalue weighted by atomic mass is 16.6. The molecule has 12 nitrogen and oxygen atoms in total. The number of hydroxylamine groups is 1. The van der Waals surface area contributed by atoms with Crippen LogP contribution in [-0.4, -0.2) is 62.6 Å². The molecule has 49 heavy (non-hydrogen) atoms. The first-order valence-corrected chi connectivity index (χ1v) is 16.8. The van der Waals surface area contributed by atoms with Crippen LogP contribution in [0.5, 0.6) is 5.75 Å². The van der Waals surface area contributed by atoms with Crippen molar-refractivity contribution in [1.82, 2.24) is 21.0 Å². The van der Waals surface area contributed by atoms with Crippen LogP contribution in [0.3, 0.4) is 0 Å². The second-order valence-electron chi connectivity index (χ2n) is 11.8. The van der Waals surface area contributed by atoms with Crippen molar-refractivity contribution in [2.45, 2.75) is 66.0 Å². The van der Waals surface area contributed by atoms with Crippen LogP contribution in [0.1, 0.15) is 74.6 Å². The third-order valence-electron chi connectivity index (χ3n) is 7.95. The lowest BCUT2D eigenvalue weighted by atomic mass is 9.84. The number of methoxy groups -OCH3 is 1. The highest BCUT2D eigenvalue weighted by Gasteiger charge is 2.32. The third kappa shape index (κ3) is 12.7. The number of unbranched alkanes of at least 4 members (excludes halogenated alkanes) is 2. The van der Waals surface area contributed by atoms with Crippen molar-refractivity contribution in [2.75, 3.05) is 34.0 Å². The molecule has 3 amide bonds. The second kappa shape index (κ2) is 20.6. The van der Waals surface area contributed by atoms with E-state index < -0.39 is 17.7 Å². The number of ether oxygens (including phenoxy) is 2. The molecule has 1 heterocycles. The minimum absolute atomic E-state index is 0.0660. The molecular weight excluding hydrogens is 628 g/mol. The van der Waals surface area contributed by atoms with Gasteiger partial charge in [-0.2, -0.15) is 0 Å². The minimum atomic E-state index is -0.603. The summed E-state index contributed by atoms with van der Waals surface area (Å²) in [5.74, 6) is -1.57. The molecule has 0 spiro atoms. The maximum absolute atomic E-state index is 13.4. The van der Waals surface area contributed by atoms with E-state index in [9.17, 15) is 19.2 Å². The summed E-state index contributed by atoms with van der Waals surface area (Å²) in [6.07, 6.45) is 3.67. The average Bonchev–Trinajstić information content (AvgIpc) is 3.59. The zero-order chi connectivity index (χ0) is 35.6. The Hall–Kier alpha value is -4.68. The number of hydrogen-bond donors (Lipinski definition) is 3. The van der Waals surface area contributed by atoms with E-state index >= 15 is 0 Å². The first kappa shape index (κ1) is 38.8. The van der Waals surface area contributed by atoms with Crippen LogP contribution in [0.2, 0.25) is 0 Å². The average molecular weight is 679 g/mol. The zero-order valence-electron chi connectivity index (χ0n) is 29.2. The molecule has 0 aliphatic rings. The predicted octanol–water partition coefficient (Wildman–Crippen LogP) is 5.22. The number of carbonyl (C=O) groups excluding carboxylic acids is 4. The summed E-state index contributed by atoms with van der Waals surface area (Å²) in [5, 5.41) is 5.46. The molecule has 0 bridgehead atoms. The molecule has 3 N–H and O–H groups in total. The van der Waals surface area contributed by atoms with Crippen LogP contribution in [0.25, 0.3) is 11.3 Å². The largest absolute Gasteiger partial charge is 0.494 e. The normalized spacial score (nSPS) is 12.2. The Morgan fingerprint density at radius 2 is 1.65 bits per heavy atom. The van der Waals surface area contributed by atoms with E-state index in [1.807, 2.05) is 74.3 Å². The molecule has 0 saturated carbocycles. The van der Waals surface area contributed by atoms with Gasteiger partial charge in [-0.25, -0.2) is 5.48 Å². The first-order chi connectivity index (χ1) is 23.7. The van der Waals surface area contributed by atoms with Gasteiger partial charge >= 0.3 is 5.97 Å². The lowest BCUT2D eigenvalue weighted by Gasteiger charge is -2.24. The van der Waals surface area contributed by atoms with E-state index in [2.05, 4.69) is 23.0 Å². The lowest BCUT2D eigenvalue weighted by molar-refractivity contribution is -0.145. The Morgan fingerprint density at radius 1 is 0.878 bits per heavy atom. The van der Waals surface area contributed by atoms with Gasteiger partial charge in [0.15, 0.2) is 5.76 Å². The minimum Gasteiger partial charge on any atom is -0.494 e. The van der Waals surface area contributed by atoms with Gasteiger partial charge in [-0.15, -0.1) is 0 Å². The molecule has 0 fully saturated rings. The fraction of sp³-hybridized carbons (Fsp3) is 0.459. The third-order valence-corrected chi connectivity index (χ3v) is 7.95. The number of amides is 3. The molecule has 0 aliphatic heterocycles. The summed E-state index contributed by atoms with van der Waals surface area (Å²) in [7, 11) is 3.16. The zero-order valence-corrected chi connectivity index (χ0v) is 29.2. The summed E-state index contributed by atoms with van der Waals surface area (Å²) in [6.45, 7) is 6.94. The number of benzene rings is 2. The van der Waals surface area contributed by atoms with Crippen molar-refractivity contribution in [3.63, 3.8) is 0 Å². The van der Waals surface area contributed by atoms with Crippen molar-refractivity contribution >= 4 is 23.7 Å². The van der Waals surface area contributed by atoms with Crippen LogP contribution in [0, 0.1) is 11.8 Å². The Labute approximate surface area is 288 Å². The molecule has 3 rings (SSSR count). The lowest BCUT2D eigenvalue weighted by Crippen LogP contribution is -2.45. The smallest absolute Gasteiger partial charge is 0.319 e. The van der Waals surface area contributed by atoms with E-state index in [1.54, 1.807) is 12.1 Å². The number of furan rings is 1. The Bertz CT molecular complexity index is 1490. The quantitative estimate of drug-likeness (QED) is 0.0597. The molecule has 2 aromatic carbocycles. The van der Waals surface area contributed by atoms with Crippen LogP contribution >= 0.6 is 0 Å². The summed E-state index contributed by atoms with van der Waals surface area (Å²) >= 11 is 0. The Kier molecular flexibility index (Phi) is 16.3. The van der Waals surface area contributed by atoms with Crippen LogP contribution in [0.4, 0.5) is 0 Å². The van der Waals surface area contributed by atoms with Crippen LogP contribution in [0.15, 0.2) is 65.1 Å². The topological polar surface area (TPSA) is 148 Å². The maximum atomic E-state index is 13.4. The number of hydrogen-bond acceptors (Lipinski definition) is 9. The number of likely N-dealkylation sites (N-methyl/N-ethyl adjacent to an activating group) is 1. The van der Waals surface area contributed by atoms with E-state index in [4.69, 9.17) is 18.7 Å². The summed E-state index contributed by atoms with van der Waals surface area (Å²) in [4.78, 5) is 58.4. The van der Waals surface area contributed by atoms with Crippen molar-refractivity contribution in [3.05, 3.63) is 77.6 Å². The molecule has 266 valence electrons. The van der Waals surface area contributed by atoms with Gasteiger partial charge in [0.25, 0.3) is 5.91 Å². The molecule has 3 aromatic rings. The number of esters is 1. The fourth-order valence-electron chi connectivity index (χ4n) is 5.46. The molecule has 0 aliphatic carbocycles. The van der Waals surface area contributed by atoms with Gasteiger partial charge in [-0.05, 0) is 68.3 Å². The fourth-order valence-corrected chi connectivity index (χ4v) is 5.46.